The van der Waals surface area contributed by atoms with Crippen molar-refractivity contribution in [2.24, 2.45) is 0 Å². The number of carbonyl (C=O) groups excluding carboxylic acids is 1. The summed E-state index contributed by atoms with van der Waals surface area (Å²) in [6, 6.07) is 7.31. The number of aliphatic hydroxyl groups excluding tert-OH is 1. The van der Waals surface area contributed by atoms with Gasteiger partial charge in [0.05, 0.1) is 0 Å². The molecule has 1 N–H and O–H groups in total. The zero-order chi connectivity index (χ0) is 14.1. The van der Waals surface area contributed by atoms with Crippen molar-refractivity contribution in [1.82, 2.24) is 9.80 Å². The highest BCUT2D eigenvalue weighted by Gasteiger charge is 2.35. The molecule has 4 nitrogen and oxygen atoms in total. The Morgan fingerprint density at radius 3 is 2.90 bits per heavy atom. The van der Waals surface area contributed by atoms with Crippen molar-refractivity contribution < 1.29 is 9.90 Å². The molecule has 4 heteroatoms. The number of benzene rings is 1. The predicted octanol–water partition coefficient (Wildman–Crippen LogP) is 1.79. The number of likely N-dealkylation sites (N-methyl/N-ethyl adjacent to an activating group) is 1. The minimum atomic E-state index is -0.809. The molecular formula is C16H20N2O2. The average Bonchev–Trinajstić information content (AvgIpc) is 2.73. The maximum Gasteiger partial charge on any atom is 0.256 e. The second-order valence-electron chi connectivity index (χ2n) is 5.41. The number of hydrogen-bond acceptors (Lipinski definition) is 3. The van der Waals surface area contributed by atoms with Gasteiger partial charge in [-0.1, -0.05) is 31.2 Å². The summed E-state index contributed by atoms with van der Waals surface area (Å²) in [6.07, 6.45) is 2.42. The topological polar surface area (TPSA) is 43.8 Å². The third kappa shape index (κ3) is 2.25. The van der Waals surface area contributed by atoms with E-state index in [4.69, 9.17) is 0 Å². The zero-order valence-electron chi connectivity index (χ0n) is 11.7. The van der Waals surface area contributed by atoms with Gasteiger partial charge in [0, 0.05) is 30.8 Å². The van der Waals surface area contributed by atoms with E-state index in [2.05, 4.69) is 17.9 Å². The van der Waals surface area contributed by atoms with E-state index in [1.165, 1.54) is 5.57 Å². The Morgan fingerprint density at radius 2 is 2.15 bits per heavy atom. The van der Waals surface area contributed by atoms with Crippen LogP contribution in [0.15, 0.2) is 35.9 Å². The molecule has 1 amide bonds. The zero-order valence-corrected chi connectivity index (χ0v) is 11.7. The van der Waals surface area contributed by atoms with Gasteiger partial charge < -0.3 is 10.0 Å². The Labute approximate surface area is 119 Å². The summed E-state index contributed by atoms with van der Waals surface area (Å²) in [7, 11) is 0. The normalized spacial score (nSPS) is 22.9. The second kappa shape index (κ2) is 5.38. The van der Waals surface area contributed by atoms with E-state index in [0.717, 1.165) is 31.6 Å². The highest BCUT2D eigenvalue weighted by atomic mass is 16.3. The van der Waals surface area contributed by atoms with Crippen LogP contribution in [-0.2, 0) is 0 Å². The fraction of sp³-hybridized carbons (Fsp3) is 0.438. The molecule has 3 rings (SSSR count). The first-order chi connectivity index (χ1) is 9.70. The number of nitrogens with zero attached hydrogens (tertiary/aromatic N) is 2. The van der Waals surface area contributed by atoms with Crippen molar-refractivity contribution in [2.75, 3.05) is 26.2 Å². The van der Waals surface area contributed by atoms with Gasteiger partial charge in [0.2, 0.25) is 0 Å². The second-order valence-corrected chi connectivity index (χ2v) is 5.41. The van der Waals surface area contributed by atoms with Gasteiger partial charge in [-0.25, -0.2) is 0 Å². The monoisotopic (exact) mass is 272 g/mol. The van der Waals surface area contributed by atoms with E-state index >= 15 is 0 Å². The molecule has 0 aliphatic carbocycles. The largest absolute Gasteiger partial charge is 0.369 e. The van der Waals surface area contributed by atoms with E-state index in [9.17, 15) is 9.90 Å². The summed E-state index contributed by atoms with van der Waals surface area (Å²) in [4.78, 5) is 16.3. The molecule has 2 heterocycles. The van der Waals surface area contributed by atoms with Crippen LogP contribution in [0.3, 0.4) is 0 Å². The molecule has 0 fully saturated rings. The van der Waals surface area contributed by atoms with Crippen molar-refractivity contribution in [3.8, 4) is 0 Å². The summed E-state index contributed by atoms with van der Waals surface area (Å²) in [5.41, 5.74) is 2.57. The summed E-state index contributed by atoms with van der Waals surface area (Å²) in [5, 5.41) is 10.3. The molecule has 2 aliphatic heterocycles. The molecule has 2 aliphatic rings. The first-order valence-electron chi connectivity index (χ1n) is 7.19. The Morgan fingerprint density at radius 1 is 1.35 bits per heavy atom. The summed E-state index contributed by atoms with van der Waals surface area (Å²) in [6.45, 7) is 5.66. The number of fused-ring (bicyclic) bond motifs is 1. The molecule has 0 radical (unpaired) electrons. The third-order valence-electron chi connectivity index (χ3n) is 4.15. The maximum absolute atomic E-state index is 12.4. The lowest BCUT2D eigenvalue weighted by Crippen LogP contribution is -2.36. The lowest BCUT2D eigenvalue weighted by Gasteiger charge is -2.29. The first-order valence-corrected chi connectivity index (χ1v) is 7.19. The van der Waals surface area contributed by atoms with Crippen LogP contribution in [0.2, 0.25) is 0 Å². The van der Waals surface area contributed by atoms with Crippen LogP contribution in [-0.4, -0.2) is 47.0 Å². The van der Waals surface area contributed by atoms with Gasteiger partial charge in [-0.2, -0.15) is 0 Å². The van der Waals surface area contributed by atoms with Gasteiger partial charge >= 0.3 is 0 Å². The molecule has 1 aromatic carbocycles. The van der Waals surface area contributed by atoms with Gasteiger partial charge in [-0.3, -0.25) is 9.69 Å². The van der Waals surface area contributed by atoms with Crippen LogP contribution < -0.4 is 0 Å². The average molecular weight is 272 g/mol. The molecule has 0 aromatic heterocycles. The lowest BCUT2D eigenvalue weighted by atomic mass is 10.1. The molecule has 106 valence electrons. The fourth-order valence-electron chi connectivity index (χ4n) is 2.99. The SMILES string of the molecule is CCN1CCC=C(CN2C(=O)c3ccccc3C2O)C1. The molecule has 1 unspecified atom stereocenters. The smallest absolute Gasteiger partial charge is 0.256 e. The highest BCUT2D eigenvalue weighted by molar-refractivity contribution is 5.99. The first kappa shape index (κ1) is 13.3. The molecule has 20 heavy (non-hydrogen) atoms. The van der Waals surface area contributed by atoms with Crippen molar-refractivity contribution >= 4 is 5.91 Å². The van der Waals surface area contributed by atoms with Crippen molar-refractivity contribution in [1.29, 1.82) is 0 Å². The minimum Gasteiger partial charge on any atom is -0.369 e. The van der Waals surface area contributed by atoms with Crippen molar-refractivity contribution in [2.45, 2.75) is 19.6 Å². The van der Waals surface area contributed by atoms with Crippen LogP contribution in [0.5, 0.6) is 0 Å². The molecule has 0 bridgehead atoms. The third-order valence-corrected chi connectivity index (χ3v) is 4.15. The van der Waals surface area contributed by atoms with Gasteiger partial charge in [0.25, 0.3) is 5.91 Å². The highest BCUT2D eigenvalue weighted by Crippen LogP contribution is 2.32. The summed E-state index contributed by atoms with van der Waals surface area (Å²) in [5.74, 6) is -0.0670. The molecule has 1 aromatic rings. The lowest BCUT2D eigenvalue weighted by molar-refractivity contribution is 0.0211. The Hall–Kier alpha value is -1.65. The Balaban J connectivity index is 1.77. The van der Waals surface area contributed by atoms with Crippen LogP contribution in [0.4, 0.5) is 0 Å². The van der Waals surface area contributed by atoms with Gasteiger partial charge in [0.15, 0.2) is 6.23 Å². The summed E-state index contributed by atoms with van der Waals surface area (Å²) < 4.78 is 0. The number of rotatable bonds is 3. The van der Waals surface area contributed by atoms with E-state index in [1.807, 2.05) is 18.2 Å². The number of carbonyl (C=O) groups is 1. The van der Waals surface area contributed by atoms with Crippen molar-refractivity contribution in [3.63, 3.8) is 0 Å². The van der Waals surface area contributed by atoms with Crippen LogP contribution >= 0.6 is 0 Å². The standard InChI is InChI=1S/C16H20N2O2/c1-2-17-9-5-6-12(10-17)11-18-15(19)13-7-3-4-8-14(13)16(18)20/h3-4,6-8,15,19H,2,5,9-11H2,1H3. The molecule has 0 saturated heterocycles. The van der Waals surface area contributed by atoms with Gasteiger partial charge in [-0.15, -0.1) is 0 Å². The molecule has 1 atom stereocenters. The Bertz CT molecular complexity index is 553. The molecule has 0 spiro atoms. The maximum atomic E-state index is 12.4. The van der Waals surface area contributed by atoms with E-state index in [-0.39, 0.29) is 5.91 Å². The number of hydrogen-bond donors (Lipinski definition) is 1. The molecule has 0 saturated carbocycles. The van der Waals surface area contributed by atoms with Crippen molar-refractivity contribution in [3.05, 3.63) is 47.0 Å². The fourth-order valence-corrected chi connectivity index (χ4v) is 2.99. The number of amides is 1. The van der Waals surface area contributed by atoms with Crippen LogP contribution in [0.25, 0.3) is 0 Å². The van der Waals surface area contributed by atoms with E-state index in [1.54, 1.807) is 11.0 Å². The molecular weight excluding hydrogens is 252 g/mol. The number of aliphatic hydroxyl groups is 1. The van der Waals surface area contributed by atoms with E-state index in [0.29, 0.717) is 12.1 Å². The van der Waals surface area contributed by atoms with E-state index < -0.39 is 6.23 Å². The Kier molecular flexibility index (Phi) is 3.59. The van der Waals surface area contributed by atoms with Crippen LogP contribution in [0, 0.1) is 0 Å². The van der Waals surface area contributed by atoms with Crippen LogP contribution in [0.1, 0.15) is 35.5 Å². The van der Waals surface area contributed by atoms with Gasteiger partial charge in [-0.05, 0) is 24.6 Å². The quantitative estimate of drug-likeness (QED) is 0.853. The summed E-state index contributed by atoms with van der Waals surface area (Å²) >= 11 is 0. The predicted molar refractivity (Wildman–Crippen MR) is 77.3 cm³/mol. The van der Waals surface area contributed by atoms with Gasteiger partial charge in [0.1, 0.15) is 0 Å². The minimum absolute atomic E-state index is 0.0670.